The van der Waals surface area contributed by atoms with E-state index >= 15 is 0 Å². The molecular weight excluding hydrogens is 360 g/mol. The molecule has 1 unspecified atom stereocenters. The molecule has 1 saturated heterocycles. The molecule has 1 aliphatic heterocycles. The smallest absolute Gasteiger partial charge is 0.227 e. The van der Waals surface area contributed by atoms with E-state index in [4.69, 9.17) is 9.97 Å². The first-order chi connectivity index (χ1) is 13.9. The molecule has 1 fully saturated rings. The van der Waals surface area contributed by atoms with Crippen LogP contribution in [0.4, 0.5) is 0 Å². The van der Waals surface area contributed by atoms with E-state index in [0.717, 1.165) is 61.9 Å². The van der Waals surface area contributed by atoms with Gasteiger partial charge in [-0.1, -0.05) is 29.8 Å². The minimum Gasteiger partial charge on any atom is -0.343 e. The Labute approximate surface area is 175 Å². The number of likely N-dealkylation sites (tertiary alicyclic amines) is 1. The van der Waals surface area contributed by atoms with Crippen LogP contribution in [0.3, 0.4) is 0 Å². The summed E-state index contributed by atoms with van der Waals surface area (Å²) in [5.74, 6) is 1.46. The van der Waals surface area contributed by atoms with E-state index in [2.05, 4.69) is 36.1 Å². The fourth-order valence-electron chi connectivity index (χ4n) is 4.30. The zero-order chi connectivity index (χ0) is 21.0. The van der Waals surface area contributed by atoms with Gasteiger partial charge < -0.3 is 4.90 Å². The van der Waals surface area contributed by atoms with E-state index < -0.39 is 0 Å². The van der Waals surface area contributed by atoms with Crippen molar-refractivity contribution in [2.45, 2.75) is 59.9 Å². The highest BCUT2D eigenvalue weighted by Gasteiger charge is 2.27. The predicted molar refractivity (Wildman–Crippen MR) is 117 cm³/mol. The maximum absolute atomic E-state index is 12.5. The Kier molecular flexibility index (Phi) is 7.01. The Balaban J connectivity index is 1.68. The average Bonchev–Trinajstić information content (AvgIpc) is 3.14. The lowest BCUT2D eigenvalue weighted by molar-refractivity contribution is -0.130. The second kappa shape index (κ2) is 9.49. The Bertz CT molecular complexity index is 837. The lowest BCUT2D eigenvalue weighted by Crippen LogP contribution is -2.32. The van der Waals surface area contributed by atoms with Crippen LogP contribution in [0, 0.1) is 20.8 Å². The highest BCUT2D eigenvalue weighted by atomic mass is 16.2. The van der Waals surface area contributed by atoms with Gasteiger partial charge in [0.1, 0.15) is 5.82 Å². The Morgan fingerprint density at radius 1 is 1.14 bits per heavy atom. The van der Waals surface area contributed by atoms with Crippen LogP contribution in [-0.4, -0.2) is 51.9 Å². The minimum absolute atomic E-state index is 0.155. The summed E-state index contributed by atoms with van der Waals surface area (Å²) in [5, 5.41) is 0. The standard InChI is InChI=1S/C24H34N4O/c1-6-28(7-2)23(29)14-22-18(4)25-24(26-19(22)5)21-11-12-27(16-21)15-20-10-8-9-17(3)13-20/h8-10,13,21H,6-7,11-12,14-16H2,1-5H3. The molecule has 0 N–H and O–H groups in total. The number of hydrogen-bond donors (Lipinski definition) is 0. The van der Waals surface area contributed by atoms with Crippen LogP contribution in [0.5, 0.6) is 0 Å². The third-order valence-electron chi connectivity index (χ3n) is 6.01. The Hall–Kier alpha value is -2.27. The predicted octanol–water partition coefficient (Wildman–Crippen LogP) is 3.80. The molecular formula is C24H34N4O. The molecule has 3 rings (SSSR count). The zero-order valence-electron chi connectivity index (χ0n) is 18.5. The third-order valence-corrected chi connectivity index (χ3v) is 6.01. The van der Waals surface area contributed by atoms with Crippen molar-refractivity contribution in [1.29, 1.82) is 0 Å². The summed E-state index contributed by atoms with van der Waals surface area (Å²) in [6.07, 6.45) is 1.48. The van der Waals surface area contributed by atoms with Crippen LogP contribution in [0.25, 0.3) is 0 Å². The van der Waals surface area contributed by atoms with Gasteiger partial charge in [-0.05, 0) is 53.1 Å². The van der Waals surface area contributed by atoms with Crippen molar-refractivity contribution in [2.24, 2.45) is 0 Å². The van der Waals surface area contributed by atoms with Crippen molar-refractivity contribution >= 4 is 5.91 Å². The fraction of sp³-hybridized carbons (Fsp3) is 0.542. The minimum atomic E-state index is 0.155. The van der Waals surface area contributed by atoms with Crippen LogP contribution in [0.1, 0.15) is 60.1 Å². The summed E-state index contributed by atoms with van der Waals surface area (Å²) in [4.78, 5) is 26.5. The topological polar surface area (TPSA) is 49.3 Å². The molecule has 1 atom stereocenters. The summed E-state index contributed by atoms with van der Waals surface area (Å²) >= 11 is 0. The van der Waals surface area contributed by atoms with E-state index in [1.165, 1.54) is 11.1 Å². The van der Waals surface area contributed by atoms with Gasteiger partial charge in [-0.15, -0.1) is 0 Å². The number of hydrogen-bond acceptors (Lipinski definition) is 4. The molecule has 156 valence electrons. The molecule has 2 aromatic rings. The second-order valence-corrected chi connectivity index (χ2v) is 8.18. The zero-order valence-corrected chi connectivity index (χ0v) is 18.5. The highest BCUT2D eigenvalue weighted by Crippen LogP contribution is 2.27. The molecule has 0 bridgehead atoms. The second-order valence-electron chi connectivity index (χ2n) is 8.18. The molecule has 1 aromatic heterocycles. The van der Waals surface area contributed by atoms with Crippen LogP contribution in [0.15, 0.2) is 24.3 Å². The van der Waals surface area contributed by atoms with E-state index in [1.807, 2.05) is 32.6 Å². The number of aryl methyl sites for hydroxylation is 3. The molecule has 0 radical (unpaired) electrons. The lowest BCUT2D eigenvalue weighted by atomic mass is 10.0. The lowest BCUT2D eigenvalue weighted by Gasteiger charge is -2.20. The Morgan fingerprint density at radius 2 is 1.83 bits per heavy atom. The summed E-state index contributed by atoms with van der Waals surface area (Å²) in [6.45, 7) is 14.7. The van der Waals surface area contributed by atoms with Gasteiger partial charge in [-0.3, -0.25) is 9.69 Å². The molecule has 1 aliphatic rings. The van der Waals surface area contributed by atoms with Gasteiger partial charge in [0.05, 0.1) is 6.42 Å². The molecule has 5 heteroatoms. The van der Waals surface area contributed by atoms with Gasteiger partial charge in [-0.2, -0.15) is 0 Å². The molecule has 0 spiro atoms. The van der Waals surface area contributed by atoms with Crippen molar-refractivity contribution < 1.29 is 4.79 Å². The van der Waals surface area contributed by atoms with E-state index in [9.17, 15) is 4.79 Å². The first-order valence-electron chi connectivity index (χ1n) is 10.8. The summed E-state index contributed by atoms with van der Waals surface area (Å²) in [6, 6.07) is 8.74. The number of nitrogens with zero attached hydrogens (tertiary/aromatic N) is 4. The number of aromatic nitrogens is 2. The first-order valence-corrected chi connectivity index (χ1v) is 10.8. The number of benzene rings is 1. The Morgan fingerprint density at radius 3 is 2.45 bits per heavy atom. The normalized spacial score (nSPS) is 16.9. The van der Waals surface area contributed by atoms with Crippen molar-refractivity contribution in [2.75, 3.05) is 26.2 Å². The van der Waals surface area contributed by atoms with E-state index in [-0.39, 0.29) is 5.91 Å². The molecule has 5 nitrogen and oxygen atoms in total. The molecule has 1 aromatic carbocycles. The number of amides is 1. The number of rotatable bonds is 7. The first kappa shape index (κ1) is 21.4. The largest absolute Gasteiger partial charge is 0.343 e. The van der Waals surface area contributed by atoms with Crippen LogP contribution in [-0.2, 0) is 17.8 Å². The van der Waals surface area contributed by atoms with Crippen LogP contribution >= 0.6 is 0 Å². The van der Waals surface area contributed by atoms with Crippen LogP contribution in [0.2, 0.25) is 0 Å². The van der Waals surface area contributed by atoms with Gasteiger partial charge in [0, 0.05) is 49.0 Å². The highest BCUT2D eigenvalue weighted by molar-refractivity contribution is 5.79. The van der Waals surface area contributed by atoms with Crippen molar-refractivity contribution in [3.8, 4) is 0 Å². The fourth-order valence-corrected chi connectivity index (χ4v) is 4.30. The van der Waals surface area contributed by atoms with Crippen molar-refractivity contribution in [3.05, 3.63) is 58.2 Å². The van der Waals surface area contributed by atoms with Gasteiger partial charge >= 0.3 is 0 Å². The van der Waals surface area contributed by atoms with Gasteiger partial charge in [0.25, 0.3) is 0 Å². The van der Waals surface area contributed by atoms with Gasteiger partial charge in [-0.25, -0.2) is 9.97 Å². The number of likely N-dealkylation sites (N-methyl/N-ethyl adjacent to an activating group) is 1. The maximum atomic E-state index is 12.5. The number of carbonyl (C=O) groups excluding carboxylic acids is 1. The van der Waals surface area contributed by atoms with Crippen molar-refractivity contribution in [3.63, 3.8) is 0 Å². The van der Waals surface area contributed by atoms with Crippen LogP contribution < -0.4 is 0 Å². The maximum Gasteiger partial charge on any atom is 0.227 e. The van der Waals surface area contributed by atoms with E-state index in [0.29, 0.717) is 12.3 Å². The summed E-state index contributed by atoms with van der Waals surface area (Å²) in [5.41, 5.74) is 5.56. The van der Waals surface area contributed by atoms with Gasteiger partial charge in [0.15, 0.2) is 0 Å². The summed E-state index contributed by atoms with van der Waals surface area (Å²) < 4.78 is 0. The quantitative estimate of drug-likeness (QED) is 0.717. The molecule has 0 saturated carbocycles. The number of carbonyl (C=O) groups is 1. The molecule has 29 heavy (non-hydrogen) atoms. The monoisotopic (exact) mass is 394 g/mol. The molecule has 1 amide bonds. The molecule has 0 aliphatic carbocycles. The van der Waals surface area contributed by atoms with Gasteiger partial charge in [0.2, 0.25) is 5.91 Å². The summed E-state index contributed by atoms with van der Waals surface area (Å²) in [7, 11) is 0. The third kappa shape index (κ3) is 5.21. The SMILES string of the molecule is CCN(CC)C(=O)Cc1c(C)nc(C2CCN(Cc3cccc(C)c3)C2)nc1C. The van der Waals surface area contributed by atoms with Crippen molar-refractivity contribution in [1.82, 2.24) is 19.8 Å². The molecule has 2 heterocycles. The van der Waals surface area contributed by atoms with E-state index in [1.54, 1.807) is 0 Å². The average molecular weight is 395 g/mol.